The van der Waals surface area contributed by atoms with Crippen LogP contribution >= 0.6 is 11.6 Å². The second-order valence-corrected chi connectivity index (χ2v) is 7.29. The molecule has 2 N–H and O–H groups in total. The minimum Gasteiger partial charge on any atom is -0.334 e. The number of aryl methyl sites for hydroxylation is 1. The highest BCUT2D eigenvalue weighted by Gasteiger charge is 2.30. The molecule has 0 amide bonds. The number of halogens is 2. The largest absolute Gasteiger partial charge is 0.334 e. The van der Waals surface area contributed by atoms with E-state index in [0.29, 0.717) is 34.1 Å². The minimum absolute atomic E-state index is 0.145. The predicted octanol–water partition coefficient (Wildman–Crippen LogP) is 4.81. The highest BCUT2D eigenvalue weighted by atomic mass is 35.5. The van der Waals surface area contributed by atoms with E-state index >= 15 is 0 Å². The lowest BCUT2D eigenvalue weighted by molar-refractivity contribution is 0.577. The van der Waals surface area contributed by atoms with Gasteiger partial charge in [-0.15, -0.1) is 0 Å². The number of rotatable bonds is 5. The molecule has 1 aliphatic rings. The molecule has 3 heterocycles. The lowest BCUT2D eigenvalue weighted by Gasteiger charge is -2.25. The normalized spacial score (nSPS) is 16.7. The second-order valence-electron chi connectivity index (χ2n) is 6.86. The number of aromatic amines is 1. The van der Waals surface area contributed by atoms with Gasteiger partial charge in [0.25, 0.3) is 0 Å². The maximum atomic E-state index is 14.5. The van der Waals surface area contributed by atoms with E-state index in [4.69, 9.17) is 11.6 Å². The topological polar surface area (TPSA) is 82.6 Å². The summed E-state index contributed by atoms with van der Waals surface area (Å²) in [5.74, 6) is 1.78. The van der Waals surface area contributed by atoms with Crippen molar-refractivity contribution in [3.05, 3.63) is 58.3 Å². The highest BCUT2D eigenvalue weighted by molar-refractivity contribution is 6.30. The van der Waals surface area contributed by atoms with Gasteiger partial charge in [0.2, 0.25) is 11.9 Å². The number of aromatic nitrogens is 5. The van der Waals surface area contributed by atoms with E-state index in [2.05, 4.69) is 30.5 Å². The standard InChI is InChI=1S/C20H21ClFN7/c1-3-5-14-11-18(28-27-14)25-19-23-12(2)24-20(26-19)29-9-4-6-17(29)15-8-7-13(21)10-16(15)22/h3,5,7-8,10-11,17H,4,6,9H2,1-2H3,(H2,23,24,25,26,27,28)/b5-3+. The lowest BCUT2D eigenvalue weighted by Crippen LogP contribution is -2.26. The molecule has 7 nitrogen and oxygen atoms in total. The summed E-state index contributed by atoms with van der Waals surface area (Å²) in [6.07, 6.45) is 5.58. The Labute approximate surface area is 173 Å². The van der Waals surface area contributed by atoms with Gasteiger partial charge in [-0.05, 0) is 44.9 Å². The number of anilines is 3. The first-order chi connectivity index (χ1) is 14.0. The van der Waals surface area contributed by atoms with Crippen LogP contribution in [0.5, 0.6) is 0 Å². The highest BCUT2D eigenvalue weighted by Crippen LogP contribution is 2.36. The fraction of sp³-hybridized carbons (Fsp3) is 0.300. The van der Waals surface area contributed by atoms with E-state index in [9.17, 15) is 4.39 Å². The van der Waals surface area contributed by atoms with E-state index in [-0.39, 0.29) is 11.9 Å². The van der Waals surface area contributed by atoms with Crippen molar-refractivity contribution >= 4 is 35.4 Å². The molecule has 1 aromatic carbocycles. The summed E-state index contributed by atoms with van der Waals surface area (Å²) in [5.41, 5.74) is 1.47. The van der Waals surface area contributed by atoms with Gasteiger partial charge < -0.3 is 10.2 Å². The first-order valence-electron chi connectivity index (χ1n) is 9.43. The molecule has 3 aromatic rings. The van der Waals surface area contributed by atoms with Crippen molar-refractivity contribution in [1.82, 2.24) is 25.1 Å². The maximum Gasteiger partial charge on any atom is 0.233 e. The Hall–Kier alpha value is -3.00. The summed E-state index contributed by atoms with van der Waals surface area (Å²) in [6.45, 7) is 4.48. The average Bonchev–Trinajstić information content (AvgIpc) is 3.31. The van der Waals surface area contributed by atoms with E-state index in [1.54, 1.807) is 19.1 Å². The summed E-state index contributed by atoms with van der Waals surface area (Å²) >= 11 is 5.91. The monoisotopic (exact) mass is 413 g/mol. The molecular formula is C20H21ClFN7. The second kappa shape index (κ2) is 8.16. The zero-order valence-electron chi connectivity index (χ0n) is 16.2. The summed E-state index contributed by atoms with van der Waals surface area (Å²) in [5, 5.41) is 10.6. The van der Waals surface area contributed by atoms with Gasteiger partial charge in [-0.2, -0.15) is 20.1 Å². The van der Waals surface area contributed by atoms with Gasteiger partial charge in [-0.1, -0.05) is 23.7 Å². The van der Waals surface area contributed by atoms with Crippen LogP contribution in [0, 0.1) is 12.7 Å². The molecule has 150 valence electrons. The average molecular weight is 414 g/mol. The van der Waals surface area contributed by atoms with Crippen LogP contribution in [0.3, 0.4) is 0 Å². The molecule has 0 radical (unpaired) electrons. The summed E-state index contributed by atoms with van der Waals surface area (Å²) in [4.78, 5) is 15.4. The summed E-state index contributed by atoms with van der Waals surface area (Å²) < 4.78 is 14.5. The minimum atomic E-state index is -0.313. The first kappa shape index (κ1) is 19.3. The van der Waals surface area contributed by atoms with Gasteiger partial charge in [0, 0.05) is 23.2 Å². The Morgan fingerprint density at radius 3 is 2.93 bits per heavy atom. The van der Waals surface area contributed by atoms with E-state index in [1.807, 2.05) is 30.0 Å². The van der Waals surface area contributed by atoms with Gasteiger partial charge in [-0.25, -0.2) is 4.39 Å². The smallest absolute Gasteiger partial charge is 0.233 e. The quantitative estimate of drug-likeness (QED) is 0.624. The van der Waals surface area contributed by atoms with Crippen LogP contribution < -0.4 is 10.2 Å². The molecule has 1 aliphatic heterocycles. The number of H-pyrrole nitrogens is 1. The van der Waals surface area contributed by atoms with Crippen molar-refractivity contribution in [1.29, 1.82) is 0 Å². The summed E-state index contributed by atoms with van der Waals surface area (Å²) in [6, 6.07) is 6.51. The van der Waals surface area contributed by atoms with Crippen molar-refractivity contribution in [2.75, 3.05) is 16.8 Å². The number of hydrogen-bond donors (Lipinski definition) is 2. The van der Waals surface area contributed by atoms with Crippen molar-refractivity contribution in [2.24, 2.45) is 0 Å². The van der Waals surface area contributed by atoms with Gasteiger partial charge in [-0.3, -0.25) is 5.10 Å². The van der Waals surface area contributed by atoms with Gasteiger partial charge in [0.05, 0.1) is 11.7 Å². The molecule has 2 aromatic heterocycles. The van der Waals surface area contributed by atoms with Crippen molar-refractivity contribution in [2.45, 2.75) is 32.7 Å². The third-order valence-corrected chi connectivity index (χ3v) is 4.99. The molecule has 4 rings (SSSR count). The molecule has 0 saturated carbocycles. The Bertz CT molecular complexity index is 1050. The molecule has 1 atom stereocenters. The van der Waals surface area contributed by atoms with Crippen molar-refractivity contribution in [3.63, 3.8) is 0 Å². The third kappa shape index (κ3) is 4.22. The molecule has 29 heavy (non-hydrogen) atoms. The number of nitrogens with one attached hydrogen (secondary N) is 2. The lowest BCUT2D eigenvalue weighted by atomic mass is 10.0. The fourth-order valence-corrected chi connectivity index (χ4v) is 3.69. The molecule has 1 fully saturated rings. The van der Waals surface area contributed by atoms with E-state index in [1.165, 1.54) is 6.07 Å². The van der Waals surface area contributed by atoms with Crippen LogP contribution in [0.15, 0.2) is 30.3 Å². The van der Waals surface area contributed by atoms with Crippen LogP contribution in [0.2, 0.25) is 5.02 Å². The molecule has 1 unspecified atom stereocenters. The Morgan fingerprint density at radius 1 is 1.28 bits per heavy atom. The number of hydrogen-bond acceptors (Lipinski definition) is 6. The van der Waals surface area contributed by atoms with Crippen LogP contribution in [0.25, 0.3) is 6.08 Å². The Morgan fingerprint density at radius 2 is 2.14 bits per heavy atom. The van der Waals surface area contributed by atoms with Crippen LogP contribution in [-0.2, 0) is 0 Å². The van der Waals surface area contributed by atoms with E-state index in [0.717, 1.165) is 25.1 Å². The molecule has 9 heteroatoms. The molecule has 0 spiro atoms. The fourth-order valence-electron chi connectivity index (χ4n) is 3.53. The predicted molar refractivity (Wildman–Crippen MR) is 112 cm³/mol. The van der Waals surface area contributed by atoms with Crippen LogP contribution in [-0.4, -0.2) is 31.7 Å². The zero-order valence-corrected chi connectivity index (χ0v) is 16.9. The maximum absolute atomic E-state index is 14.5. The zero-order chi connectivity index (χ0) is 20.4. The van der Waals surface area contributed by atoms with Crippen LogP contribution in [0.4, 0.5) is 22.1 Å². The van der Waals surface area contributed by atoms with Gasteiger partial charge in [0.15, 0.2) is 5.82 Å². The van der Waals surface area contributed by atoms with Crippen molar-refractivity contribution < 1.29 is 4.39 Å². The number of nitrogens with zero attached hydrogens (tertiary/aromatic N) is 5. The van der Waals surface area contributed by atoms with E-state index < -0.39 is 0 Å². The first-order valence-corrected chi connectivity index (χ1v) is 9.80. The van der Waals surface area contributed by atoms with Gasteiger partial charge >= 0.3 is 0 Å². The Kier molecular flexibility index (Phi) is 5.44. The molecule has 0 bridgehead atoms. The third-order valence-electron chi connectivity index (χ3n) is 4.75. The van der Waals surface area contributed by atoms with Crippen molar-refractivity contribution in [3.8, 4) is 0 Å². The SMILES string of the molecule is C/C=C/c1cc(Nc2nc(C)nc(N3CCCC3c3ccc(Cl)cc3F)n2)n[nH]1. The Balaban J connectivity index is 1.62. The summed E-state index contributed by atoms with van der Waals surface area (Å²) in [7, 11) is 0. The van der Waals surface area contributed by atoms with Crippen LogP contribution in [0.1, 0.15) is 42.9 Å². The number of allylic oxidation sites excluding steroid dienone is 1. The number of benzene rings is 1. The van der Waals surface area contributed by atoms with Gasteiger partial charge in [0.1, 0.15) is 11.6 Å². The molecular weight excluding hydrogens is 393 g/mol. The molecule has 0 aliphatic carbocycles. The molecule has 1 saturated heterocycles.